The van der Waals surface area contributed by atoms with Crippen molar-refractivity contribution in [3.63, 3.8) is 0 Å². The fourth-order valence-corrected chi connectivity index (χ4v) is 4.79. The minimum atomic E-state index is 0.158. The van der Waals surface area contributed by atoms with E-state index in [0.29, 0.717) is 19.0 Å². The molecule has 2 aromatic heterocycles. The van der Waals surface area contributed by atoms with Crippen LogP contribution in [0.4, 0.5) is 0 Å². The zero-order valence-electron chi connectivity index (χ0n) is 15.4. The van der Waals surface area contributed by atoms with Gasteiger partial charge in [0.05, 0.1) is 11.9 Å². The molecule has 1 atom stereocenters. The largest absolute Gasteiger partial charge is 0.308 e. The van der Waals surface area contributed by atoms with Gasteiger partial charge in [-0.2, -0.15) is 0 Å². The maximum absolute atomic E-state index is 13.3. The molecular weight excluding hydrogens is 320 g/mol. The van der Waals surface area contributed by atoms with Crippen molar-refractivity contribution in [1.82, 2.24) is 19.4 Å². The molecule has 0 saturated carbocycles. The van der Waals surface area contributed by atoms with Crippen LogP contribution < -0.4 is 5.56 Å². The smallest absolute Gasteiger partial charge is 0.262 e. The summed E-state index contributed by atoms with van der Waals surface area (Å²) in [6, 6.07) is 0. The average Bonchev–Trinajstić information content (AvgIpc) is 2.83. The molecule has 0 bridgehead atoms. The van der Waals surface area contributed by atoms with Crippen molar-refractivity contribution < 1.29 is 0 Å². The summed E-state index contributed by atoms with van der Waals surface area (Å²) in [4.78, 5) is 24.7. The van der Waals surface area contributed by atoms with Crippen molar-refractivity contribution >= 4 is 21.6 Å². The zero-order valence-corrected chi connectivity index (χ0v) is 16.2. The number of aryl methyl sites for hydroxylation is 1. The van der Waals surface area contributed by atoms with Crippen LogP contribution >= 0.6 is 11.3 Å². The first-order chi connectivity index (χ1) is 11.4. The van der Waals surface area contributed by atoms with E-state index >= 15 is 0 Å². The Bertz CT molecular complexity index is 790. The van der Waals surface area contributed by atoms with Crippen LogP contribution in [0.1, 0.15) is 29.6 Å². The van der Waals surface area contributed by atoms with E-state index < -0.39 is 0 Å². The van der Waals surface area contributed by atoms with Gasteiger partial charge in [0.2, 0.25) is 0 Å². The first-order valence-electron chi connectivity index (χ1n) is 8.70. The molecule has 0 amide bonds. The van der Waals surface area contributed by atoms with Crippen LogP contribution in [0.5, 0.6) is 0 Å². The Hall–Kier alpha value is -1.24. The molecule has 1 aliphatic rings. The van der Waals surface area contributed by atoms with Gasteiger partial charge < -0.3 is 9.80 Å². The molecule has 6 heteroatoms. The Morgan fingerprint density at radius 3 is 2.67 bits per heavy atom. The molecular formula is C18H28N4OS. The van der Waals surface area contributed by atoms with Gasteiger partial charge in [0, 0.05) is 18.0 Å². The van der Waals surface area contributed by atoms with Crippen molar-refractivity contribution in [2.24, 2.45) is 5.92 Å². The molecule has 0 aromatic carbocycles. The first-order valence-corrected chi connectivity index (χ1v) is 9.52. The minimum Gasteiger partial charge on any atom is -0.308 e. The predicted molar refractivity (Wildman–Crippen MR) is 101 cm³/mol. The van der Waals surface area contributed by atoms with Gasteiger partial charge in [-0.25, -0.2) is 4.98 Å². The second-order valence-electron chi connectivity index (χ2n) is 7.56. The lowest BCUT2D eigenvalue weighted by atomic mass is 9.89. The third-order valence-corrected chi connectivity index (χ3v) is 5.87. The van der Waals surface area contributed by atoms with E-state index in [4.69, 9.17) is 4.98 Å². The number of fused-ring (bicyclic) bond motifs is 3. The highest BCUT2D eigenvalue weighted by atomic mass is 32.1. The van der Waals surface area contributed by atoms with Gasteiger partial charge >= 0.3 is 0 Å². The second kappa shape index (κ2) is 6.94. The van der Waals surface area contributed by atoms with E-state index in [1.165, 1.54) is 16.9 Å². The summed E-state index contributed by atoms with van der Waals surface area (Å²) in [6.07, 6.45) is 3.29. The maximum atomic E-state index is 13.3. The fraction of sp³-hybridized carbons (Fsp3) is 0.667. The van der Waals surface area contributed by atoms with Crippen LogP contribution in [-0.4, -0.2) is 54.1 Å². The molecule has 1 aliphatic carbocycles. The van der Waals surface area contributed by atoms with Gasteiger partial charge in [-0.05, 0) is 58.9 Å². The molecule has 0 aliphatic heterocycles. The Kier molecular flexibility index (Phi) is 5.08. The lowest BCUT2D eigenvalue weighted by Gasteiger charge is -2.19. The number of aromatic nitrogens is 2. The summed E-state index contributed by atoms with van der Waals surface area (Å²) in [5, 5.41) is 0.892. The van der Waals surface area contributed by atoms with E-state index in [0.717, 1.165) is 35.4 Å². The molecule has 2 heterocycles. The SMILES string of the molecule is CC1CCc2c(sc3nc(CN(C)C)n(CCN(C)C)c(=O)c23)C1. The fourth-order valence-electron chi connectivity index (χ4n) is 3.40. The van der Waals surface area contributed by atoms with E-state index in [1.807, 2.05) is 32.8 Å². The summed E-state index contributed by atoms with van der Waals surface area (Å²) in [5.41, 5.74) is 1.44. The minimum absolute atomic E-state index is 0.158. The summed E-state index contributed by atoms with van der Waals surface area (Å²) in [5.74, 6) is 1.59. The Morgan fingerprint density at radius 2 is 2.00 bits per heavy atom. The number of thiophene rings is 1. The topological polar surface area (TPSA) is 41.4 Å². The molecule has 5 nitrogen and oxygen atoms in total. The van der Waals surface area contributed by atoms with Crippen LogP contribution in [0.15, 0.2) is 4.79 Å². The number of likely N-dealkylation sites (N-methyl/N-ethyl adjacent to an activating group) is 1. The van der Waals surface area contributed by atoms with Crippen LogP contribution in [-0.2, 0) is 25.9 Å². The summed E-state index contributed by atoms with van der Waals surface area (Å²) in [7, 11) is 8.12. The highest BCUT2D eigenvalue weighted by Crippen LogP contribution is 2.35. The molecule has 0 spiro atoms. The van der Waals surface area contributed by atoms with Crippen LogP contribution in [0, 0.1) is 5.92 Å². The van der Waals surface area contributed by atoms with Crippen molar-refractivity contribution in [2.75, 3.05) is 34.7 Å². The van der Waals surface area contributed by atoms with Gasteiger partial charge in [0.25, 0.3) is 5.56 Å². The van der Waals surface area contributed by atoms with Gasteiger partial charge in [-0.1, -0.05) is 6.92 Å². The monoisotopic (exact) mass is 348 g/mol. The second-order valence-corrected chi connectivity index (χ2v) is 8.64. The number of hydrogen-bond donors (Lipinski definition) is 0. The lowest BCUT2D eigenvalue weighted by Crippen LogP contribution is -2.32. The standard InChI is InChI=1S/C18H28N4OS/c1-12-6-7-13-14(10-12)24-17-16(13)18(23)22(9-8-20(2)3)15(19-17)11-21(4)5/h12H,6-11H2,1-5H3. The molecule has 24 heavy (non-hydrogen) atoms. The quantitative estimate of drug-likeness (QED) is 0.831. The normalized spacial score (nSPS) is 17.9. The molecule has 1 unspecified atom stereocenters. The molecule has 0 fully saturated rings. The number of rotatable bonds is 5. The third-order valence-electron chi connectivity index (χ3n) is 4.72. The summed E-state index contributed by atoms with van der Waals surface area (Å²) in [6.45, 7) is 4.53. The van der Waals surface area contributed by atoms with E-state index in [-0.39, 0.29) is 5.56 Å². The zero-order chi connectivity index (χ0) is 17.4. The summed E-state index contributed by atoms with van der Waals surface area (Å²) < 4.78 is 1.90. The van der Waals surface area contributed by atoms with E-state index in [9.17, 15) is 4.79 Å². The van der Waals surface area contributed by atoms with Crippen LogP contribution in [0.2, 0.25) is 0 Å². The van der Waals surface area contributed by atoms with Crippen molar-refractivity contribution in [3.8, 4) is 0 Å². The van der Waals surface area contributed by atoms with Crippen LogP contribution in [0.3, 0.4) is 0 Å². The Morgan fingerprint density at radius 1 is 1.25 bits per heavy atom. The van der Waals surface area contributed by atoms with E-state index in [1.54, 1.807) is 11.3 Å². The molecule has 2 aromatic rings. The predicted octanol–water partition coefficient (Wildman–Crippen LogP) is 2.21. The van der Waals surface area contributed by atoms with Crippen LogP contribution in [0.25, 0.3) is 10.2 Å². The Labute approximate surface area is 147 Å². The Balaban J connectivity index is 2.14. The van der Waals surface area contributed by atoms with Crippen molar-refractivity contribution in [1.29, 1.82) is 0 Å². The van der Waals surface area contributed by atoms with Crippen molar-refractivity contribution in [3.05, 3.63) is 26.6 Å². The van der Waals surface area contributed by atoms with Gasteiger partial charge in [0.15, 0.2) is 0 Å². The highest BCUT2D eigenvalue weighted by Gasteiger charge is 2.24. The lowest BCUT2D eigenvalue weighted by molar-refractivity contribution is 0.350. The molecule has 0 saturated heterocycles. The molecule has 132 valence electrons. The maximum Gasteiger partial charge on any atom is 0.262 e. The molecule has 0 N–H and O–H groups in total. The van der Waals surface area contributed by atoms with Gasteiger partial charge in [-0.15, -0.1) is 11.3 Å². The highest BCUT2D eigenvalue weighted by molar-refractivity contribution is 7.18. The average molecular weight is 349 g/mol. The molecule has 3 rings (SSSR count). The van der Waals surface area contributed by atoms with Gasteiger partial charge in [-0.3, -0.25) is 9.36 Å². The summed E-state index contributed by atoms with van der Waals surface area (Å²) >= 11 is 1.74. The van der Waals surface area contributed by atoms with E-state index in [2.05, 4.69) is 16.7 Å². The number of hydrogen-bond acceptors (Lipinski definition) is 5. The number of nitrogens with zero attached hydrogens (tertiary/aromatic N) is 4. The third kappa shape index (κ3) is 3.41. The van der Waals surface area contributed by atoms with Gasteiger partial charge in [0.1, 0.15) is 10.7 Å². The molecule has 0 radical (unpaired) electrons. The first kappa shape index (κ1) is 17.6. The van der Waals surface area contributed by atoms with Crippen molar-refractivity contribution in [2.45, 2.75) is 39.3 Å².